The van der Waals surface area contributed by atoms with Crippen molar-refractivity contribution in [2.75, 3.05) is 20.6 Å². The maximum absolute atomic E-state index is 6.37. The molecule has 0 amide bonds. The molecule has 0 spiro atoms. The van der Waals surface area contributed by atoms with Gasteiger partial charge >= 0.3 is 0 Å². The minimum Gasteiger partial charge on any atom is -0.305 e. The first kappa shape index (κ1) is 17.3. The summed E-state index contributed by atoms with van der Waals surface area (Å²) >= 11 is 8.11. The van der Waals surface area contributed by atoms with E-state index in [2.05, 4.69) is 42.6 Å². The summed E-state index contributed by atoms with van der Waals surface area (Å²) in [6, 6.07) is 6.90. The maximum Gasteiger partial charge on any atom is 0.0591 e. The highest BCUT2D eigenvalue weighted by Crippen LogP contribution is 2.49. The van der Waals surface area contributed by atoms with Crippen molar-refractivity contribution < 1.29 is 0 Å². The van der Waals surface area contributed by atoms with Gasteiger partial charge in [-0.1, -0.05) is 23.2 Å². The third kappa shape index (κ3) is 3.19. The average molecular weight is 368 g/mol. The third-order valence-electron chi connectivity index (χ3n) is 5.21. The molecule has 0 unspecified atom stereocenters. The highest BCUT2D eigenvalue weighted by Gasteiger charge is 2.35. The summed E-state index contributed by atoms with van der Waals surface area (Å²) in [4.78, 5) is 2.32. The van der Waals surface area contributed by atoms with Gasteiger partial charge < -0.3 is 4.90 Å². The van der Waals surface area contributed by atoms with Crippen LogP contribution in [0.2, 0.25) is 5.02 Å². The van der Waals surface area contributed by atoms with Crippen molar-refractivity contribution in [1.82, 2.24) is 4.90 Å². The number of thiophene rings is 1. The van der Waals surface area contributed by atoms with E-state index in [-0.39, 0.29) is 12.4 Å². The van der Waals surface area contributed by atoms with Gasteiger partial charge in [0, 0.05) is 22.0 Å². The van der Waals surface area contributed by atoms with Crippen molar-refractivity contribution in [3.05, 3.63) is 39.7 Å². The van der Waals surface area contributed by atoms with Crippen molar-refractivity contribution in [1.29, 1.82) is 0 Å². The number of halogens is 2. The highest BCUT2D eigenvalue weighted by molar-refractivity contribution is 7.17. The Bertz CT molecular complexity index is 747. The van der Waals surface area contributed by atoms with E-state index in [4.69, 9.17) is 11.6 Å². The lowest BCUT2D eigenvalue weighted by atomic mass is 9.79. The van der Waals surface area contributed by atoms with Gasteiger partial charge in [0.05, 0.1) is 5.02 Å². The first-order valence-corrected chi connectivity index (χ1v) is 9.41. The summed E-state index contributed by atoms with van der Waals surface area (Å²) in [5, 5.41) is 4.18. The third-order valence-corrected chi connectivity index (χ3v) is 6.62. The Balaban J connectivity index is 0.00000156. The van der Waals surface area contributed by atoms with Gasteiger partial charge in [-0.15, -0.1) is 23.7 Å². The number of likely N-dealkylation sites (N-methyl/N-ethyl adjacent to an activating group) is 1. The van der Waals surface area contributed by atoms with E-state index in [1.165, 1.54) is 41.3 Å². The summed E-state index contributed by atoms with van der Waals surface area (Å²) < 4.78 is 1.30. The molecule has 2 bridgehead atoms. The molecule has 1 aromatic carbocycles. The van der Waals surface area contributed by atoms with E-state index in [1.807, 2.05) is 0 Å². The minimum absolute atomic E-state index is 0. The standard InChI is InChI=1S/C19H22ClNS.ClH/c1-21(2)10-15-8-12-3-4-13(7-12)19(15)14-5-6-18-16(9-14)17(20)11-22-18;/h5-6,9,11-13H,3-4,7-8,10H2,1-2H3;1H/t12-,13-;/m1./s1. The van der Waals surface area contributed by atoms with Gasteiger partial charge in [-0.2, -0.15) is 0 Å². The molecule has 0 saturated heterocycles. The molecule has 23 heavy (non-hydrogen) atoms. The number of fused-ring (bicyclic) bond motifs is 3. The van der Waals surface area contributed by atoms with Crippen LogP contribution in [0.25, 0.3) is 15.7 Å². The molecule has 2 aliphatic carbocycles. The second kappa shape index (κ2) is 6.76. The van der Waals surface area contributed by atoms with Gasteiger partial charge in [-0.3, -0.25) is 0 Å². The summed E-state index contributed by atoms with van der Waals surface area (Å²) in [7, 11) is 4.36. The van der Waals surface area contributed by atoms with Gasteiger partial charge in [0.25, 0.3) is 0 Å². The number of allylic oxidation sites excluding steroid dienone is 1. The van der Waals surface area contributed by atoms with Gasteiger partial charge in [-0.05, 0) is 74.9 Å². The van der Waals surface area contributed by atoms with Crippen LogP contribution >= 0.6 is 35.3 Å². The number of hydrogen-bond acceptors (Lipinski definition) is 2. The van der Waals surface area contributed by atoms with Crippen LogP contribution in [-0.2, 0) is 0 Å². The summed E-state index contributed by atoms with van der Waals surface area (Å²) in [5.41, 5.74) is 4.70. The van der Waals surface area contributed by atoms with E-state index in [0.29, 0.717) is 0 Å². The molecule has 0 aliphatic heterocycles. The number of nitrogens with zero attached hydrogens (tertiary/aromatic N) is 1. The predicted molar refractivity (Wildman–Crippen MR) is 105 cm³/mol. The Morgan fingerprint density at radius 3 is 2.87 bits per heavy atom. The second-order valence-electron chi connectivity index (χ2n) is 7.13. The minimum atomic E-state index is 0. The summed E-state index contributed by atoms with van der Waals surface area (Å²) in [6.45, 7) is 1.09. The highest BCUT2D eigenvalue weighted by atomic mass is 35.5. The van der Waals surface area contributed by atoms with Crippen LogP contribution in [0.15, 0.2) is 29.2 Å². The monoisotopic (exact) mass is 367 g/mol. The van der Waals surface area contributed by atoms with Crippen LogP contribution < -0.4 is 0 Å². The fraction of sp³-hybridized carbons (Fsp3) is 0.474. The molecule has 0 radical (unpaired) electrons. The molecule has 2 aromatic rings. The van der Waals surface area contributed by atoms with Gasteiger partial charge in [0.1, 0.15) is 0 Å². The smallest absolute Gasteiger partial charge is 0.0591 e. The average Bonchev–Trinajstić information content (AvgIpc) is 3.03. The second-order valence-corrected chi connectivity index (χ2v) is 8.45. The summed E-state index contributed by atoms with van der Waals surface area (Å²) in [5.74, 6) is 1.70. The van der Waals surface area contributed by atoms with Crippen LogP contribution in [-0.4, -0.2) is 25.5 Å². The normalized spacial score (nSPS) is 23.7. The summed E-state index contributed by atoms with van der Waals surface area (Å²) in [6.07, 6.45) is 5.46. The van der Waals surface area contributed by atoms with Crippen molar-refractivity contribution >= 4 is 51.0 Å². The van der Waals surface area contributed by atoms with E-state index in [9.17, 15) is 0 Å². The van der Waals surface area contributed by atoms with Crippen LogP contribution in [0.1, 0.15) is 31.2 Å². The van der Waals surface area contributed by atoms with E-state index in [0.717, 1.165) is 23.4 Å². The lowest BCUT2D eigenvalue weighted by Gasteiger charge is -2.29. The Morgan fingerprint density at radius 1 is 1.26 bits per heavy atom. The zero-order valence-corrected chi connectivity index (χ0v) is 16.0. The molecule has 1 heterocycles. The topological polar surface area (TPSA) is 3.24 Å². The molecule has 1 saturated carbocycles. The van der Waals surface area contributed by atoms with Crippen LogP contribution in [0.3, 0.4) is 0 Å². The van der Waals surface area contributed by atoms with Crippen molar-refractivity contribution in [3.63, 3.8) is 0 Å². The first-order valence-electron chi connectivity index (χ1n) is 8.15. The zero-order valence-electron chi connectivity index (χ0n) is 13.6. The molecule has 1 aromatic heterocycles. The van der Waals surface area contributed by atoms with Gasteiger partial charge in [-0.25, -0.2) is 0 Å². The van der Waals surface area contributed by atoms with E-state index >= 15 is 0 Å². The quantitative estimate of drug-likeness (QED) is 0.632. The molecule has 124 valence electrons. The molecule has 2 aliphatic rings. The lowest BCUT2D eigenvalue weighted by molar-refractivity contribution is 0.413. The van der Waals surface area contributed by atoms with Crippen molar-refractivity contribution in [3.8, 4) is 0 Å². The first-order chi connectivity index (χ1) is 10.6. The molecule has 4 heteroatoms. The SMILES string of the molecule is CN(C)CC1=C(c2ccc3scc(Cl)c3c2)[C@@H]2CC[C@@H](C1)C2.Cl. The zero-order chi connectivity index (χ0) is 15.3. The molecular weight excluding hydrogens is 345 g/mol. The predicted octanol–water partition coefficient (Wildman–Crippen LogP) is 6.11. The molecule has 4 rings (SSSR count). The Morgan fingerprint density at radius 2 is 2.09 bits per heavy atom. The molecule has 0 N–H and O–H groups in total. The number of benzene rings is 1. The van der Waals surface area contributed by atoms with E-state index in [1.54, 1.807) is 22.5 Å². The Hall–Kier alpha value is -0.540. The number of hydrogen-bond donors (Lipinski definition) is 0. The number of rotatable bonds is 3. The van der Waals surface area contributed by atoms with Crippen molar-refractivity contribution in [2.45, 2.75) is 25.7 Å². The van der Waals surface area contributed by atoms with Crippen LogP contribution in [0.5, 0.6) is 0 Å². The van der Waals surface area contributed by atoms with Crippen molar-refractivity contribution in [2.24, 2.45) is 11.8 Å². The lowest BCUT2D eigenvalue weighted by Crippen LogP contribution is -2.21. The molecular formula is C19H23Cl2NS. The maximum atomic E-state index is 6.37. The van der Waals surface area contributed by atoms with Crippen LogP contribution in [0.4, 0.5) is 0 Å². The van der Waals surface area contributed by atoms with Crippen LogP contribution in [0, 0.1) is 11.8 Å². The largest absolute Gasteiger partial charge is 0.305 e. The molecule has 2 atom stereocenters. The van der Waals surface area contributed by atoms with Gasteiger partial charge in [0.2, 0.25) is 0 Å². The van der Waals surface area contributed by atoms with E-state index < -0.39 is 0 Å². The Labute approximate surface area is 153 Å². The fourth-order valence-corrected chi connectivity index (χ4v) is 5.55. The Kier molecular flexibility index (Phi) is 5.08. The molecule has 1 nitrogen and oxygen atoms in total. The fourth-order valence-electron chi connectivity index (χ4n) is 4.41. The van der Waals surface area contributed by atoms with Gasteiger partial charge in [0.15, 0.2) is 0 Å². The molecule has 1 fully saturated rings.